The highest BCUT2D eigenvalue weighted by atomic mass is 16.5. The van der Waals surface area contributed by atoms with E-state index in [2.05, 4.69) is 27.4 Å². The summed E-state index contributed by atoms with van der Waals surface area (Å²) in [6.45, 7) is 7.59. The Morgan fingerprint density at radius 1 is 1.16 bits per heavy atom. The molecule has 5 nitrogen and oxygen atoms in total. The Kier molecular flexibility index (Phi) is 7.00. The SMILES string of the molecule is CCC1CCCC(NC(=NC)NCC2(N3CCCC3)CCOCC2)C1. The van der Waals surface area contributed by atoms with E-state index in [0.29, 0.717) is 6.04 Å². The smallest absolute Gasteiger partial charge is 0.191 e. The van der Waals surface area contributed by atoms with E-state index in [1.807, 2.05) is 7.05 Å². The number of hydrogen-bond donors (Lipinski definition) is 2. The van der Waals surface area contributed by atoms with Crippen molar-refractivity contribution in [3.8, 4) is 0 Å². The van der Waals surface area contributed by atoms with Crippen molar-refractivity contribution < 1.29 is 4.74 Å². The molecule has 5 heteroatoms. The third-order valence-electron chi connectivity index (χ3n) is 6.71. The van der Waals surface area contributed by atoms with Crippen LogP contribution in [0.4, 0.5) is 0 Å². The molecule has 0 bridgehead atoms. The molecule has 3 rings (SSSR count). The zero-order valence-electron chi connectivity index (χ0n) is 16.4. The Morgan fingerprint density at radius 3 is 2.60 bits per heavy atom. The van der Waals surface area contributed by atoms with Gasteiger partial charge in [0, 0.05) is 38.4 Å². The van der Waals surface area contributed by atoms with Crippen LogP contribution < -0.4 is 10.6 Å². The molecule has 0 aromatic carbocycles. The highest BCUT2D eigenvalue weighted by Gasteiger charge is 2.39. The summed E-state index contributed by atoms with van der Waals surface area (Å²) in [5.74, 6) is 1.88. The second-order valence-electron chi connectivity index (χ2n) is 8.24. The molecule has 3 fully saturated rings. The van der Waals surface area contributed by atoms with Crippen LogP contribution in [0.15, 0.2) is 4.99 Å². The van der Waals surface area contributed by atoms with E-state index in [-0.39, 0.29) is 5.54 Å². The van der Waals surface area contributed by atoms with E-state index in [1.165, 1.54) is 58.0 Å². The average Bonchev–Trinajstić information content (AvgIpc) is 3.21. The molecule has 0 amide bonds. The molecule has 144 valence electrons. The third kappa shape index (κ3) is 4.88. The van der Waals surface area contributed by atoms with Gasteiger partial charge in [-0.3, -0.25) is 9.89 Å². The monoisotopic (exact) mass is 350 g/mol. The number of rotatable bonds is 5. The van der Waals surface area contributed by atoms with Crippen LogP contribution in [0.2, 0.25) is 0 Å². The Labute approximate surface area is 154 Å². The lowest BCUT2D eigenvalue weighted by Crippen LogP contribution is -2.59. The van der Waals surface area contributed by atoms with Crippen molar-refractivity contribution in [2.75, 3.05) is 39.9 Å². The molecule has 2 atom stereocenters. The van der Waals surface area contributed by atoms with Crippen molar-refractivity contribution in [1.82, 2.24) is 15.5 Å². The highest BCUT2D eigenvalue weighted by molar-refractivity contribution is 5.80. The summed E-state index contributed by atoms with van der Waals surface area (Å²) < 4.78 is 5.66. The van der Waals surface area contributed by atoms with E-state index in [9.17, 15) is 0 Å². The predicted molar refractivity (Wildman–Crippen MR) is 104 cm³/mol. The zero-order chi connectivity index (χ0) is 17.5. The van der Waals surface area contributed by atoms with Gasteiger partial charge in [-0.05, 0) is 57.5 Å². The normalized spacial score (nSPS) is 31.0. The molecule has 2 heterocycles. The van der Waals surface area contributed by atoms with Gasteiger partial charge in [-0.2, -0.15) is 0 Å². The van der Waals surface area contributed by atoms with Crippen LogP contribution in [0, 0.1) is 5.92 Å². The number of aliphatic imine (C=N–C) groups is 1. The topological polar surface area (TPSA) is 48.9 Å². The fourth-order valence-corrected chi connectivity index (χ4v) is 4.98. The van der Waals surface area contributed by atoms with E-state index >= 15 is 0 Å². The van der Waals surface area contributed by atoms with Gasteiger partial charge in [0.1, 0.15) is 0 Å². The summed E-state index contributed by atoms with van der Waals surface area (Å²) >= 11 is 0. The van der Waals surface area contributed by atoms with Crippen LogP contribution in [0.5, 0.6) is 0 Å². The molecule has 0 radical (unpaired) electrons. The molecule has 0 aromatic heterocycles. The number of nitrogens with zero attached hydrogens (tertiary/aromatic N) is 2. The van der Waals surface area contributed by atoms with Crippen molar-refractivity contribution in [2.45, 2.75) is 76.3 Å². The number of guanidine groups is 1. The number of ether oxygens (including phenoxy) is 1. The first-order valence-corrected chi connectivity index (χ1v) is 10.6. The first-order chi connectivity index (χ1) is 12.3. The maximum Gasteiger partial charge on any atom is 0.191 e. The molecule has 1 aliphatic carbocycles. The fraction of sp³-hybridized carbons (Fsp3) is 0.950. The average molecular weight is 351 g/mol. The molecule has 2 unspecified atom stereocenters. The predicted octanol–water partition coefficient (Wildman–Crippen LogP) is 2.77. The number of hydrogen-bond acceptors (Lipinski definition) is 3. The van der Waals surface area contributed by atoms with E-state index in [4.69, 9.17) is 4.74 Å². The van der Waals surface area contributed by atoms with Crippen LogP contribution in [-0.2, 0) is 4.74 Å². The minimum absolute atomic E-state index is 0.255. The molecule has 1 saturated carbocycles. The standard InChI is InChI=1S/C20H38N4O/c1-3-17-7-6-8-18(15-17)23-19(21-2)22-16-20(9-13-25-14-10-20)24-11-4-5-12-24/h17-18H,3-16H2,1-2H3,(H2,21,22,23). The number of nitrogens with one attached hydrogen (secondary N) is 2. The Morgan fingerprint density at radius 2 is 1.92 bits per heavy atom. The lowest BCUT2D eigenvalue weighted by molar-refractivity contribution is -0.0164. The second kappa shape index (κ2) is 9.22. The molecule has 25 heavy (non-hydrogen) atoms. The largest absolute Gasteiger partial charge is 0.381 e. The molecule has 0 aromatic rings. The van der Waals surface area contributed by atoms with Gasteiger partial charge in [-0.1, -0.05) is 26.2 Å². The summed E-state index contributed by atoms with van der Waals surface area (Å²) in [5.41, 5.74) is 0.255. The first-order valence-electron chi connectivity index (χ1n) is 10.6. The van der Waals surface area contributed by atoms with Gasteiger partial charge in [0.2, 0.25) is 0 Å². The lowest BCUT2D eigenvalue weighted by atomic mass is 9.84. The van der Waals surface area contributed by atoms with Gasteiger partial charge in [-0.15, -0.1) is 0 Å². The van der Waals surface area contributed by atoms with Crippen LogP contribution in [0.3, 0.4) is 0 Å². The first kappa shape index (κ1) is 19.0. The van der Waals surface area contributed by atoms with Gasteiger partial charge >= 0.3 is 0 Å². The van der Waals surface area contributed by atoms with E-state index in [1.54, 1.807) is 0 Å². The molecule has 2 N–H and O–H groups in total. The second-order valence-corrected chi connectivity index (χ2v) is 8.24. The summed E-state index contributed by atoms with van der Waals surface area (Å²) in [4.78, 5) is 7.23. The van der Waals surface area contributed by atoms with Gasteiger partial charge in [0.15, 0.2) is 5.96 Å². The van der Waals surface area contributed by atoms with Crippen LogP contribution in [-0.4, -0.2) is 62.3 Å². The van der Waals surface area contributed by atoms with Crippen LogP contribution in [0.1, 0.15) is 64.7 Å². The van der Waals surface area contributed by atoms with E-state index in [0.717, 1.165) is 44.5 Å². The quantitative estimate of drug-likeness (QED) is 0.591. The molecular weight excluding hydrogens is 312 g/mol. The maximum atomic E-state index is 5.66. The summed E-state index contributed by atoms with van der Waals surface area (Å²) in [6, 6.07) is 0.585. The fourth-order valence-electron chi connectivity index (χ4n) is 4.98. The zero-order valence-corrected chi connectivity index (χ0v) is 16.4. The highest BCUT2D eigenvalue weighted by Crippen LogP contribution is 2.31. The van der Waals surface area contributed by atoms with Crippen LogP contribution in [0.25, 0.3) is 0 Å². The third-order valence-corrected chi connectivity index (χ3v) is 6.71. The van der Waals surface area contributed by atoms with Crippen molar-refractivity contribution in [1.29, 1.82) is 0 Å². The van der Waals surface area contributed by atoms with Crippen molar-refractivity contribution in [3.63, 3.8) is 0 Å². The minimum Gasteiger partial charge on any atom is -0.381 e. The maximum absolute atomic E-state index is 5.66. The molecule has 2 aliphatic heterocycles. The molecular formula is C20H38N4O. The Hall–Kier alpha value is -0.810. The van der Waals surface area contributed by atoms with Crippen LogP contribution >= 0.6 is 0 Å². The van der Waals surface area contributed by atoms with Gasteiger partial charge in [0.25, 0.3) is 0 Å². The van der Waals surface area contributed by atoms with Crippen molar-refractivity contribution >= 4 is 5.96 Å². The van der Waals surface area contributed by atoms with Gasteiger partial charge < -0.3 is 15.4 Å². The summed E-state index contributed by atoms with van der Waals surface area (Å²) in [7, 11) is 1.90. The Bertz CT molecular complexity index is 427. The summed E-state index contributed by atoms with van der Waals surface area (Å²) in [6.07, 6.45) is 11.6. The lowest BCUT2D eigenvalue weighted by Gasteiger charge is -2.45. The summed E-state index contributed by atoms with van der Waals surface area (Å²) in [5, 5.41) is 7.39. The van der Waals surface area contributed by atoms with Crippen molar-refractivity contribution in [2.24, 2.45) is 10.9 Å². The molecule has 2 saturated heterocycles. The van der Waals surface area contributed by atoms with E-state index < -0.39 is 0 Å². The Balaban J connectivity index is 1.55. The van der Waals surface area contributed by atoms with Crippen molar-refractivity contribution in [3.05, 3.63) is 0 Å². The van der Waals surface area contributed by atoms with Gasteiger partial charge in [0.05, 0.1) is 0 Å². The minimum atomic E-state index is 0.255. The molecule has 3 aliphatic rings. The molecule has 0 spiro atoms. The van der Waals surface area contributed by atoms with Gasteiger partial charge in [-0.25, -0.2) is 0 Å². The number of likely N-dealkylation sites (tertiary alicyclic amines) is 1.